The molecule has 8 heteroatoms. The second-order valence-electron chi connectivity index (χ2n) is 5.47. The zero-order chi connectivity index (χ0) is 18.7. The van der Waals surface area contributed by atoms with Gasteiger partial charge in [0.1, 0.15) is 0 Å². The van der Waals surface area contributed by atoms with Crippen molar-refractivity contribution in [2.75, 3.05) is 11.1 Å². The summed E-state index contributed by atoms with van der Waals surface area (Å²) in [6.45, 7) is 1.81. The van der Waals surface area contributed by atoms with Gasteiger partial charge in [-0.25, -0.2) is 8.42 Å². The van der Waals surface area contributed by atoms with E-state index in [1.165, 1.54) is 24.3 Å². The lowest BCUT2D eigenvalue weighted by molar-refractivity contribution is -0.137. The average molecular weight is 371 g/mol. The van der Waals surface area contributed by atoms with Crippen molar-refractivity contribution in [3.8, 4) is 0 Å². The monoisotopic (exact) mass is 371 g/mol. The topological polar surface area (TPSA) is 63.2 Å². The third-order valence-corrected chi connectivity index (χ3v) is 5.22. The fraction of sp³-hybridized carbons (Fsp3) is 0.235. The fourth-order valence-corrected chi connectivity index (χ4v) is 3.38. The van der Waals surface area contributed by atoms with Gasteiger partial charge in [0.2, 0.25) is 5.91 Å². The van der Waals surface area contributed by atoms with Gasteiger partial charge in [0.15, 0.2) is 9.84 Å². The van der Waals surface area contributed by atoms with Gasteiger partial charge in [0.05, 0.1) is 21.9 Å². The van der Waals surface area contributed by atoms with Crippen molar-refractivity contribution in [1.29, 1.82) is 0 Å². The normalized spacial score (nSPS) is 12.0. The average Bonchev–Trinajstić information content (AvgIpc) is 2.53. The molecule has 0 fully saturated rings. The first kappa shape index (κ1) is 19.0. The van der Waals surface area contributed by atoms with Crippen LogP contribution >= 0.6 is 0 Å². The number of hydrogen-bond acceptors (Lipinski definition) is 3. The first-order valence-corrected chi connectivity index (χ1v) is 9.00. The Bertz CT molecular complexity index is 859. The number of hydrogen-bond donors (Lipinski definition) is 1. The molecular weight excluding hydrogens is 355 g/mol. The van der Waals surface area contributed by atoms with Crippen LogP contribution in [0.15, 0.2) is 53.4 Å². The molecule has 0 spiro atoms. The number of benzene rings is 2. The van der Waals surface area contributed by atoms with Crippen molar-refractivity contribution in [2.24, 2.45) is 0 Å². The van der Waals surface area contributed by atoms with Gasteiger partial charge >= 0.3 is 6.18 Å². The summed E-state index contributed by atoms with van der Waals surface area (Å²) in [5, 5.41) is 2.13. The van der Waals surface area contributed by atoms with Crippen molar-refractivity contribution in [2.45, 2.75) is 24.4 Å². The van der Waals surface area contributed by atoms with E-state index in [1.54, 1.807) is 12.1 Å². The van der Waals surface area contributed by atoms with Crippen LogP contribution in [0, 0.1) is 6.92 Å². The molecule has 25 heavy (non-hydrogen) atoms. The number of sulfone groups is 1. The summed E-state index contributed by atoms with van der Waals surface area (Å²) in [7, 11) is -3.69. The minimum absolute atomic E-state index is 0.0709. The molecule has 0 saturated heterocycles. The van der Waals surface area contributed by atoms with Gasteiger partial charge in [-0.3, -0.25) is 4.79 Å². The highest BCUT2D eigenvalue weighted by atomic mass is 32.2. The van der Waals surface area contributed by atoms with E-state index in [9.17, 15) is 26.4 Å². The van der Waals surface area contributed by atoms with Crippen LogP contribution in [0.1, 0.15) is 17.5 Å². The SMILES string of the molecule is Cc1ccc(S(=O)(=O)CCC(=O)Nc2ccccc2C(F)(F)F)cc1. The van der Waals surface area contributed by atoms with Crippen LogP contribution in [0.5, 0.6) is 0 Å². The van der Waals surface area contributed by atoms with Gasteiger partial charge in [-0.2, -0.15) is 13.2 Å². The number of rotatable bonds is 5. The van der Waals surface area contributed by atoms with Crippen molar-refractivity contribution >= 4 is 21.4 Å². The van der Waals surface area contributed by atoms with Crippen LogP contribution in [0.2, 0.25) is 0 Å². The van der Waals surface area contributed by atoms with Crippen LogP contribution in [0.3, 0.4) is 0 Å². The maximum atomic E-state index is 12.9. The lowest BCUT2D eigenvalue weighted by Crippen LogP contribution is -2.19. The van der Waals surface area contributed by atoms with Gasteiger partial charge in [0, 0.05) is 6.42 Å². The minimum atomic E-state index is -4.61. The van der Waals surface area contributed by atoms with Crippen molar-refractivity contribution in [3.63, 3.8) is 0 Å². The predicted molar refractivity (Wildman–Crippen MR) is 87.9 cm³/mol. The van der Waals surface area contributed by atoms with E-state index in [-0.39, 0.29) is 4.90 Å². The van der Waals surface area contributed by atoms with E-state index < -0.39 is 45.3 Å². The van der Waals surface area contributed by atoms with Crippen LogP contribution in [-0.2, 0) is 20.8 Å². The summed E-state index contributed by atoms with van der Waals surface area (Å²) >= 11 is 0. The number of aryl methyl sites for hydroxylation is 1. The van der Waals surface area contributed by atoms with Crippen LogP contribution in [-0.4, -0.2) is 20.1 Å². The molecule has 1 N–H and O–H groups in total. The van der Waals surface area contributed by atoms with Crippen molar-refractivity contribution in [3.05, 3.63) is 59.7 Å². The van der Waals surface area contributed by atoms with E-state index in [2.05, 4.69) is 5.32 Å². The molecule has 2 rings (SSSR count). The number of carbonyl (C=O) groups is 1. The molecule has 0 aromatic heterocycles. The molecule has 0 aliphatic carbocycles. The summed E-state index contributed by atoms with van der Waals surface area (Å²) in [6.07, 6.45) is -5.06. The van der Waals surface area contributed by atoms with Crippen molar-refractivity contribution in [1.82, 2.24) is 0 Å². The maximum Gasteiger partial charge on any atom is 0.418 e. The third-order valence-electron chi connectivity index (χ3n) is 3.48. The first-order chi connectivity index (χ1) is 11.6. The lowest BCUT2D eigenvalue weighted by Gasteiger charge is -2.13. The van der Waals surface area contributed by atoms with Crippen LogP contribution < -0.4 is 5.32 Å². The van der Waals surface area contributed by atoms with Gasteiger partial charge in [-0.05, 0) is 31.2 Å². The number of alkyl halides is 3. The molecule has 0 aliphatic rings. The first-order valence-electron chi connectivity index (χ1n) is 7.35. The standard InChI is InChI=1S/C17H16F3NO3S/c1-12-6-8-13(9-7-12)25(23,24)11-10-16(22)21-15-5-3-2-4-14(15)17(18,19)20/h2-9H,10-11H2,1H3,(H,21,22). The van der Waals surface area contributed by atoms with Crippen molar-refractivity contribution < 1.29 is 26.4 Å². The van der Waals surface area contributed by atoms with Crippen LogP contribution in [0.25, 0.3) is 0 Å². The number of para-hydroxylation sites is 1. The highest BCUT2D eigenvalue weighted by molar-refractivity contribution is 7.91. The third kappa shape index (κ3) is 5.06. The fourth-order valence-electron chi connectivity index (χ4n) is 2.14. The van der Waals surface area contributed by atoms with Gasteiger partial charge in [-0.1, -0.05) is 29.8 Å². The lowest BCUT2D eigenvalue weighted by atomic mass is 10.1. The Morgan fingerprint density at radius 3 is 2.24 bits per heavy atom. The molecule has 134 valence electrons. The predicted octanol–water partition coefficient (Wildman–Crippen LogP) is 3.82. The maximum absolute atomic E-state index is 12.9. The van der Waals surface area contributed by atoms with Gasteiger partial charge < -0.3 is 5.32 Å². The summed E-state index contributed by atoms with van der Waals surface area (Å²) in [5.41, 5.74) is -0.488. The second kappa shape index (κ2) is 7.26. The van der Waals surface area contributed by atoms with E-state index in [0.29, 0.717) is 0 Å². The zero-order valence-electron chi connectivity index (χ0n) is 13.3. The summed E-state index contributed by atoms with van der Waals surface area (Å²) in [4.78, 5) is 12.0. The van der Waals surface area contributed by atoms with E-state index >= 15 is 0 Å². The Hall–Kier alpha value is -2.35. The second-order valence-corrected chi connectivity index (χ2v) is 7.58. The molecule has 0 heterocycles. The Kier molecular flexibility index (Phi) is 5.52. The number of halogens is 3. The molecule has 2 aromatic rings. The number of anilines is 1. The number of nitrogens with one attached hydrogen (secondary N) is 1. The largest absolute Gasteiger partial charge is 0.418 e. The summed E-state index contributed by atoms with van der Waals surface area (Å²) in [6, 6.07) is 10.7. The molecule has 0 aliphatic heterocycles. The number of carbonyl (C=O) groups excluding carboxylic acids is 1. The van der Waals surface area contributed by atoms with Gasteiger partial charge in [0.25, 0.3) is 0 Å². The van der Waals surface area contributed by atoms with E-state index in [0.717, 1.165) is 17.7 Å². The molecule has 0 atom stereocenters. The molecule has 0 bridgehead atoms. The molecular formula is C17H16F3NO3S. The molecule has 0 radical (unpaired) electrons. The van der Waals surface area contributed by atoms with Crippen LogP contribution in [0.4, 0.5) is 18.9 Å². The summed E-state index contributed by atoms with van der Waals surface area (Å²) < 4.78 is 63.0. The highest BCUT2D eigenvalue weighted by Gasteiger charge is 2.33. The summed E-state index contributed by atoms with van der Waals surface area (Å²) in [5.74, 6) is -1.29. The molecule has 2 aromatic carbocycles. The minimum Gasteiger partial charge on any atom is -0.325 e. The smallest absolute Gasteiger partial charge is 0.325 e. The van der Waals surface area contributed by atoms with E-state index in [4.69, 9.17) is 0 Å². The number of amides is 1. The Morgan fingerprint density at radius 2 is 1.64 bits per heavy atom. The Balaban J connectivity index is 2.06. The molecule has 1 amide bonds. The Labute approximate surface area is 143 Å². The zero-order valence-corrected chi connectivity index (χ0v) is 14.1. The quantitative estimate of drug-likeness (QED) is 0.869. The van der Waals surface area contributed by atoms with E-state index in [1.807, 2.05) is 6.92 Å². The molecule has 4 nitrogen and oxygen atoms in total. The molecule has 0 unspecified atom stereocenters. The van der Waals surface area contributed by atoms with Gasteiger partial charge in [-0.15, -0.1) is 0 Å². The highest BCUT2D eigenvalue weighted by Crippen LogP contribution is 2.34. The molecule has 0 saturated carbocycles. The Morgan fingerprint density at radius 1 is 1.04 bits per heavy atom.